The maximum Gasteiger partial charge on any atom is 0.257 e. The Morgan fingerprint density at radius 1 is 1.00 bits per heavy atom. The number of rotatable bonds is 4. The molecule has 8 heteroatoms. The van der Waals surface area contributed by atoms with Crippen LogP contribution in [0.3, 0.4) is 0 Å². The molecule has 29 heavy (non-hydrogen) atoms. The van der Waals surface area contributed by atoms with Crippen molar-refractivity contribution in [3.63, 3.8) is 0 Å². The zero-order valence-corrected chi connectivity index (χ0v) is 16.7. The van der Waals surface area contributed by atoms with Crippen LogP contribution in [0.4, 0.5) is 10.8 Å². The number of carbonyl (C=O) groups excluding carboxylic acids is 3. The van der Waals surface area contributed by atoms with Crippen molar-refractivity contribution in [3.05, 3.63) is 87.0 Å². The lowest BCUT2D eigenvalue weighted by molar-refractivity contribution is 0.0982. The fourth-order valence-electron chi connectivity index (χ4n) is 2.89. The predicted molar refractivity (Wildman–Crippen MR) is 113 cm³/mol. The minimum Gasteiger partial charge on any atom is -0.351 e. The minimum absolute atomic E-state index is 0.0193. The first-order valence-corrected chi connectivity index (χ1v) is 9.88. The molecule has 0 saturated carbocycles. The summed E-state index contributed by atoms with van der Waals surface area (Å²) in [6.45, 7) is 1.85. The molecule has 0 atom stereocenters. The van der Waals surface area contributed by atoms with Gasteiger partial charge in [0.15, 0.2) is 5.13 Å². The number of ketones is 2. The molecule has 2 N–H and O–H groups in total. The summed E-state index contributed by atoms with van der Waals surface area (Å²) in [6.07, 6.45) is 0. The molecule has 0 fully saturated rings. The Bertz CT molecular complexity index is 1180. The van der Waals surface area contributed by atoms with Gasteiger partial charge in [-0.3, -0.25) is 19.7 Å². The summed E-state index contributed by atoms with van der Waals surface area (Å²) in [4.78, 5) is 41.7. The van der Waals surface area contributed by atoms with Crippen molar-refractivity contribution in [1.29, 1.82) is 0 Å². The van der Waals surface area contributed by atoms with Crippen LogP contribution in [0.15, 0.2) is 64.6 Å². The molecule has 2 aromatic carbocycles. The van der Waals surface area contributed by atoms with E-state index in [1.54, 1.807) is 48.5 Å². The molecule has 0 bridgehead atoms. The highest BCUT2D eigenvalue weighted by Crippen LogP contribution is 2.29. The van der Waals surface area contributed by atoms with E-state index in [1.165, 1.54) is 11.3 Å². The van der Waals surface area contributed by atoms with Crippen molar-refractivity contribution < 1.29 is 14.4 Å². The SMILES string of the molecule is Cc1csc(NC(=O)c2ccc(NC3=C(Cl)C(=O)c4ccccc4C3=O)cc2)n1. The average Bonchev–Trinajstić information content (AvgIpc) is 3.14. The summed E-state index contributed by atoms with van der Waals surface area (Å²) >= 11 is 7.50. The van der Waals surface area contributed by atoms with E-state index in [-0.39, 0.29) is 28.0 Å². The summed E-state index contributed by atoms with van der Waals surface area (Å²) < 4.78 is 0. The molecule has 1 amide bonds. The Morgan fingerprint density at radius 3 is 2.28 bits per heavy atom. The van der Waals surface area contributed by atoms with E-state index in [4.69, 9.17) is 11.6 Å². The van der Waals surface area contributed by atoms with E-state index in [0.717, 1.165) is 5.69 Å². The van der Waals surface area contributed by atoms with Crippen molar-refractivity contribution in [2.24, 2.45) is 0 Å². The number of hydrogen-bond acceptors (Lipinski definition) is 6. The van der Waals surface area contributed by atoms with Gasteiger partial charge in [0.25, 0.3) is 5.91 Å². The summed E-state index contributed by atoms with van der Waals surface area (Å²) in [6, 6.07) is 13.0. The molecule has 0 saturated heterocycles. The summed E-state index contributed by atoms with van der Waals surface area (Å²) in [5.74, 6) is -1.05. The molecule has 6 nitrogen and oxygen atoms in total. The van der Waals surface area contributed by atoms with Crippen molar-refractivity contribution in [2.45, 2.75) is 6.92 Å². The third-order valence-corrected chi connectivity index (χ3v) is 5.55. The van der Waals surface area contributed by atoms with Crippen LogP contribution in [0.25, 0.3) is 0 Å². The van der Waals surface area contributed by atoms with Crippen LogP contribution in [-0.2, 0) is 0 Å². The first-order chi connectivity index (χ1) is 13.9. The van der Waals surface area contributed by atoms with E-state index < -0.39 is 5.78 Å². The normalized spacial score (nSPS) is 13.3. The molecule has 1 aliphatic rings. The lowest BCUT2D eigenvalue weighted by atomic mass is 9.92. The smallest absolute Gasteiger partial charge is 0.257 e. The van der Waals surface area contributed by atoms with Crippen molar-refractivity contribution >= 4 is 51.2 Å². The number of carbonyl (C=O) groups is 3. The van der Waals surface area contributed by atoms with Crippen molar-refractivity contribution in [2.75, 3.05) is 10.6 Å². The second kappa shape index (κ2) is 7.62. The number of aromatic nitrogens is 1. The van der Waals surface area contributed by atoms with Gasteiger partial charge in [-0.25, -0.2) is 4.98 Å². The molecule has 1 heterocycles. The van der Waals surface area contributed by atoms with Crippen LogP contribution in [0.2, 0.25) is 0 Å². The molecule has 3 aromatic rings. The predicted octanol–water partition coefficient (Wildman–Crippen LogP) is 4.65. The molecule has 1 aliphatic carbocycles. The Hall–Kier alpha value is -3.29. The number of anilines is 2. The maximum absolute atomic E-state index is 12.7. The number of nitrogens with one attached hydrogen (secondary N) is 2. The Morgan fingerprint density at radius 2 is 1.66 bits per heavy atom. The van der Waals surface area contributed by atoms with Gasteiger partial charge in [-0.1, -0.05) is 35.9 Å². The molecule has 0 radical (unpaired) electrons. The van der Waals surface area contributed by atoms with Crippen molar-refractivity contribution in [3.8, 4) is 0 Å². The topological polar surface area (TPSA) is 88.2 Å². The van der Waals surface area contributed by atoms with E-state index in [0.29, 0.717) is 21.9 Å². The maximum atomic E-state index is 12.7. The van der Waals surface area contributed by atoms with Crippen LogP contribution in [-0.4, -0.2) is 22.5 Å². The van der Waals surface area contributed by atoms with Gasteiger partial charge in [0.1, 0.15) is 10.7 Å². The molecule has 0 aliphatic heterocycles. The first kappa shape index (κ1) is 19.0. The first-order valence-electron chi connectivity index (χ1n) is 8.63. The lowest BCUT2D eigenvalue weighted by Gasteiger charge is -2.19. The monoisotopic (exact) mass is 423 g/mol. The van der Waals surface area contributed by atoms with Gasteiger partial charge in [0.05, 0.1) is 5.69 Å². The molecule has 144 valence electrons. The fourth-order valence-corrected chi connectivity index (χ4v) is 3.80. The van der Waals surface area contributed by atoms with Gasteiger partial charge >= 0.3 is 0 Å². The van der Waals surface area contributed by atoms with Gasteiger partial charge in [-0.2, -0.15) is 0 Å². The number of benzene rings is 2. The Balaban J connectivity index is 1.53. The lowest BCUT2D eigenvalue weighted by Crippen LogP contribution is -2.24. The van der Waals surface area contributed by atoms with E-state index in [1.807, 2.05) is 12.3 Å². The highest BCUT2D eigenvalue weighted by atomic mass is 35.5. The number of fused-ring (bicyclic) bond motifs is 1. The second-order valence-corrected chi connectivity index (χ2v) is 7.58. The highest BCUT2D eigenvalue weighted by molar-refractivity contribution is 7.13. The fraction of sp³-hybridized carbons (Fsp3) is 0.0476. The van der Waals surface area contributed by atoms with Gasteiger partial charge in [0.2, 0.25) is 11.6 Å². The van der Waals surface area contributed by atoms with E-state index >= 15 is 0 Å². The van der Waals surface area contributed by atoms with Crippen LogP contribution in [0, 0.1) is 6.92 Å². The number of thiazole rings is 1. The van der Waals surface area contributed by atoms with E-state index in [2.05, 4.69) is 15.6 Å². The summed E-state index contributed by atoms with van der Waals surface area (Å²) in [7, 11) is 0. The number of nitrogens with zero attached hydrogens (tertiary/aromatic N) is 1. The minimum atomic E-state index is -0.404. The molecule has 0 spiro atoms. The number of halogens is 1. The van der Waals surface area contributed by atoms with Crippen LogP contribution in [0.5, 0.6) is 0 Å². The third kappa shape index (κ3) is 3.70. The average molecular weight is 424 g/mol. The number of hydrogen-bond donors (Lipinski definition) is 2. The van der Waals surface area contributed by atoms with Crippen LogP contribution < -0.4 is 10.6 Å². The Kier molecular flexibility index (Phi) is 5.00. The number of aryl methyl sites for hydroxylation is 1. The third-order valence-electron chi connectivity index (χ3n) is 4.32. The molecule has 0 unspecified atom stereocenters. The molecule has 1 aromatic heterocycles. The zero-order valence-electron chi connectivity index (χ0n) is 15.2. The van der Waals surface area contributed by atoms with Gasteiger partial charge in [-0.15, -0.1) is 11.3 Å². The number of amides is 1. The van der Waals surface area contributed by atoms with E-state index in [9.17, 15) is 14.4 Å². The number of Topliss-reactive ketones (excluding diaryl/α,β-unsaturated/α-hetero) is 2. The van der Waals surface area contributed by atoms with Gasteiger partial charge in [-0.05, 0) is 31.2 Å². The molecular weight excluding hydrogens is 410 g/mol. The second-order valence-electron chi connectivity index (χ2n) is 6.34. The zero-order chi connectivity index (χ0) is 20.5. The standard InChI is InChI=1S/C21H14ClN3O3S/c1-11-10-29-21(23-11)25-20(28)12-6-8-13(9-7-12)24-17-16(22)18(26)14-4-2-3-5-15(14)19(17)27/h2-10,24H,1H3,(H,23,25,28). The van der Waals surface area contributed by atoms with Gasteiger partial charge in [0, 0.05) is 27.8 Å². The van der Waals surface area contributed by atoms with Crippen LogP contribution in [0.1, 0.15) is 36.8 Å². The summed E-state index contributed by atoms with van der Waals surface area (Å²) in [5, 5.41) is 7.85. The van der Waals surface area contributed by atoms with Crippen molar-refractivity contribution in [1.82, 2.24) is 4.98 Å². The summed E-state index contributed by atoms with van der Waals surface area (Å²) in [5.41, 5.74) is 2.41. The quantitative estimate of drug-likeness (QED) is 0.637. The molecule has 4 rings (SSSR count). The Labute approximate surface area is 175 Å². The van der Waals surface area contributed by atoms with Gasteiger partial charge < -0.3 is 5.32 Å². The highest BCUT2D eigenvalue weighted by Gasteiger charge is 2.31. The van der Waals surface area contributed by atoms with Crippen LogP contribution >= 0.6 is 22.9 Å². The largest absolute Gasteiger partial charge is 0.351 e. The number of allylic oxidation sites excluding steroid dienone is 2. The molecular formula is C21H14ClN3O3S.